The summed E-state index contributed by atoms with van der Waals surface area (Å²) < 4.78 is 26.3. The number of allylic oxidation sites excluding steroid dienone is 1. The second-order valence-corrected chi connectivity index (χ2v) is 3.30. The molecule has 3 heteroatoms. The third kappa shape index (κ3) is 2.37. The van der Waals surface area contributed by atoms with Crippen LogP contribution in [0.1, 0.15) is 11.1 Å². The average Bonchev–Trinajstić information content (AvgIpc) is 2.12. The van der Waals surface area contributed by atoms with Crippen molar-refractivity contribution < 1.29 is 8.78 Å². The molecule has 0 bridgehead atoms. The minimum absolute atomic E-state index is 0.0273. The fourth-order valence-corrected chi connectivity index (χ4v) is 1.18. The lowest BCUT2D eigenvalue weighted by atomic mass is 10.1. The van der Waals surface area contributed by atoms with Gasteiger partial charge in [-0.25, -0.2) is 8.78 Å². The van der Waals surface area contributed by atoms with Crippen LogP contribution in [0, 0.1) is 18.6 Å². The molecule has 0 heterocycles. The standard InChI is InChI=1S/C10H9BrF2/c1-7-4-5-9(12)8(10(7)13)3-2-6-11/h2-5H,6H2,1H3. The van der Waals surface area contributed by atoms with E-state index in [1.807, 2.05) is 0 Å². The van der Waals surface area contributed by atoms with Crippen molar-refractivity contribution in [3.8, 4) is 0 Å². The zero-order valence-corrected chi connectivity index (χ0v) is 8.74. The summed E-state index contributed by atoms with van der Waals surface area (Å²) in [6.45, 7) is 1.61. The summed E-state index contributed by atoms with van der Waals surface area (Å²) in [5.74, 6) is -1.02. The molecule has 0 aliphatic carbocycles. The van der Waals surface area contributed by atoms with Gasteiger partial charge in [-0.3, -0.25) is 0 Å². The van der Waals surface area contributed by atoms with Crippen molar-refractivity contribution in [2.75, 3.05) is 5.33 Å². The van der Waals surface area contributed by atoms with Crippen LogP contribution < -0.4 is 0 Å². The number of halogens is 3. The molecule has 13 heavy (non-hydrogen) atoms. The Balaban J connectivity index is 3.17. The van der Waals surface area contributed by atoms with E-state index in [-0.39, 0.29) is 5.56 Å². The molecule has 0 saturated heterocycles. The lowest BCUT2D eigenvalue weighted by molar-refractivity contribution is 0.573. The quantitative estimate of drug-likeness (QED) is 0.699. The highest BCUT2D eigenvalue weighted by molar-refractivity contribution is 9.09. The maximum atomic E-state index is 13.3. The maximum Gasteiger partial charge on any atom is 0.136 e. The second kappa shape index (κ2) is 4.51. The Labute approximate surface area is 84.4 Å². The molecule has 0 fully saturated rings. The normalized spacial score (nSPS) is 11.1. The lowest BCUT2D eigenvalue weighted by Gasteiger charge is -2.01. The molecule has 0 aliphatic rings. The van der Waals surface area contributed by atoms with E-state index in [0.29, 0.717) is 10.9 Å². The predicted molar refractivity (Wildman–Crippen MR) is 53.9 cm³/mol. The molecule has 1 aromatic rings. The molecule has 70 valence electrons. The number of alkyl halides is 1. The summed E-state index contributed by atoms with van der Waals surface area (Å²) in [5, 5.41) is 0.583. The van der Waals surface area contributed by atoms with Crippen molar-refractivity contribution in [1.29, 1.82) is 0 Å². The zero-order chi connectivity index (χ0) is 9.84. The van der Waals surface area contributed by atoms with Crippen LogP contribution in [0.25, 0.3) is 6.08 Å². The Bertz CT molecular complexity index is 332. The SMILES string of the molecule is Cc1ccc(F)c(C=CCBr)c1F. The van der Waals surface area contributed by atoms with Gasteiger partial charge in [0, 0.05) is 10.9 Å². The molecule has 0 amide bonds. The van der Waals surface area contributed by atoms with E-state index >= 15 is 0 Å². The van der Waals surface area contributed by atoms with Crippen molar-refractivity contribution in [3.05, 3.63) is 41.0 Å². The van der Waals surface area contributed by atoms with Gasteiger partial charge in [-0.05, 0) is 18.6 Å². The van der Waals surface area contributed by atoms with Gasteiger partial charge in [0.05, 0.1) is 0 Å². The molecule has 0 saturated carbocycles. The number of hydrogen-bond acceptors (Lipinski definition) is 0. The smallest absolute Gasteiger partial charge is 0.136 e. The van der Waals surface area contributed by atoms with Crippen molar-refractivity contribution >= 4 is 22.0 Å². The Morgan fingerprint density at radius 1 is 1.38 bits per heavy atom. The van der Waals surface area contributed by atoms with Crippen molar-refractivity contribution in [2.24, 2.45) is 0 Å². The summed E-state index contributed by atoms with van der Waals surface area (Å²) in [6.07, 6.45) is 3.09. The molecule has 0 N–H and O–H groups in total. The van der Waals surface area contributed by atoms with E-state index in [1.165, 1.54) is 18.2 Å². The third-order valence-corrected chi connectivity index (χ3v) is 2.07. The molecule has 0 spiro atoms. The fraction of sp³-hybridized carbons (Fsp3) is 0.200. The number of rotatable bonds is 2. The molecular formula is C10H9BrF2. The van der Waals surface area contributed by atoms with Crippen LogP contribution in [0.5, 0.6) is 0 Å². The van der Waals surface area contributed by atoms with E-state index in [9.17, 15) is 8.78 Å². The molecule has 0 aromatic heterocycles. The van der Waals surface area contributed by atoms with Crippen molar-refractivity contribution in [1.82, 2.24) is 0 Å². The Morgan fingerprint density at radius 2 is 2.08 bits per heavy atom. The summed E-state index contributed by atoms with van der Waals surface area (Å²) in [6, 6.07) is 2.70. The van der Waals surface area contributed by atoms with Crippen LogP contribution in [0.3, 0.4) is 0 Å². The van der Waals surface area contributed by atoms with Gasteiger partial charge >= 0.3 is 0 Å². The lowest BCUT2D eigenvalue weighted by Crippen LogP contribution is -1.91. The molecule has 0 unspecified atom stereocenters. The van der Waals surface area contributed by atoms with Crippen molar-refractivity contribution in [3.63, 3.8) is 0 Å². The van der Waals surface area contributed by atoms with Crippen LogP contribution in [-0.2, 0) is 0 Å². The largest absolute Gasteiger partial charge is 0.206 e. The van der Waals surface area contributed by atoms with E-state index in [4.69, 9.17) is 0 Å². The molecule has 0 aliphatic heterocycles. The van der Waals surface area contributed by atoms with Crippen molar-refractivity contribution in [2.45, 2.75) is 6.92 Å². The van der Waals surface area contributed by atoms with Crippen LogP contribution in [0.15, 0.2) is 18.2 Å². The highest BCUT2D eigenvalue weighted by atomic mass is 79.9. The number of hydrogen-bond donors (Lipinski definition) is 0. The maximum absolute atomic E-state index is 13.3. The number of benzene rings is 1. The van der Waals surface area contributed by atoms with Crippen LogP contribution in [0.4, 0.5) is 8.78 Å². The summed E-state index contributed by atoms with van der Waals surface area (Å²) in [5.41, 5.74) is 0.482. The van der Waals surface area contributed by atoms with Crippen LogP contribution in [0.2, 0.25) is 0 Å². The van der Waals surface area contributed by atoms with Gasteiger partial charge in [0.25, 0.3) is 0 Å². The van der Waals surface area contributed by atoms with Gasteiger partial charge in [0.15, 0.2) is 0 Å². The topological polar surface area (TPSA) is 0 Å². The summed E-state index contributed by atoms with van der Waals surface area (Å²) in [4.78, 5) is 0. The van der Waals surface area contributed by atoms with Gasteiger partial charge in [0.2, 0.25) is 0 Å². The van der Waals surface area contributed by atoms with E-state index < -0.39 is 11.6 Å². The molecule has 0 nitrogen and oxygen atoms in total. The van der Waals surface area contributed by atoms with Gasteiger partial charge in [-0.2, -0.15) is 0 Å². The minimum atomic E-state index is -0.527. The zero-order valence-electron chi connectivity index (χ0n) is 7.15. The first-order chi connectivity index (χ1) is 6.16. The minimum Gasteiger partial charge on any atom is -0.206 e. The molecule has 1 rings (SSSR count). The van der Waals surface area contributed by atoms with Gasteiger partial charge < -0.3 is 0 Å². The van der Waals surface area contributed by atoms with Gasteiger partial charge in [-0.15, -0.1) is 0 Å². The third-order valence-electron chi connectivity index (χ3n) is 1.69. The first-order valence-electron chi connectivity index (χ1n) is 3.84. The Morgan fingerprint density at radius 3 is 2.69 bits per heavy atom. The van der Waals surface area contributed by atoms with Gasteiger partial charge in [0.1, 0.15) is 11.6 Å². The summed E-state index contributed by atoms with van der Waals surface area (Å²) >= 11 is 3.14. The van der Waals surface area contributed by atoms with Gasteiger partial charge in [-0.1, -0.05) is 34.1 Å². The molecule has 0 atom stereocenters. The van der Waals surface area contributed by atoms with E-state index in [2.05, 4.69) is 15.9 Å². The average molecular weight is 247 g/mol. The predicted octanol–water partition coefficient (Wildman–Crippen LogP) is 3.68. The van der Waals surface area contributed by atoms with E-state index in [1.54, 1.807) is 13.0 Å². The van der Waals surface area contributed by atoms with Crippen LogP contribution in [-0.4, -0.2) is 5.33 Å². The fourth-order valence-electron chi connectivity index (χ4n) is 0.994. The number of aryl methyl sites for hydroxylation is 1. The molecule has 1 aromatic carbocycles. The monoisotopic (exact) mass is 246 g/mol. The molecule has 0 radical (unpaired) electrons. The highest BCUT2D eigenvalue weighted by Crippen LogP contribution is 2.17. The Hall–Kier alpha value is -0.700. The molecular weight excluding hydrogens is 238 g/mol. The summed E-state index contributed by atoms with van der Waals surface area (Å²) in [7, 11) is 0. The first-order valence-corrected chi connectivity index (χ1v) is 4.96. The van der Waals surface area contributed by atoms with E-state index in [0.717, 1.165) is 0 Å². The van der Waals surface area contributed by atoms with Crippen LogP contribution >= 0.6 is 15.9 Å². The second-order valence-electron chi connectivity index (χ2n) is 2.65. The first kappa shape index (κ1) is 10.4. The Kier molecular flexibility index (Phi) is 3.60. The highest BCUT2D eigenvalue weighted by Gasteiger charge is 2.07.